The van der Waals surface area contributed by atoms with Crippen LogP contribution in [0.3, 0.4) is 0 Å². The Morgan fingerprint density at radius 2 is 2.00 bits per heavy atom. The van der Waals surface area contributed by atoms with E-state index in [0.717, 1.165) is 25.9 Å². The third-order valence-corrected chi connectivity index (χ3v) is 4.25. The van der Waals surface area contributed by atoms with Crippen molar-refractivity contribution in [3.8, 4) is 5.75 Å². The summed E-state index contributed by atoms with van der Waals surface area (Å²) < 4.78 is 1.63. The van der Waals surface area contributed by atoms with Gasteiger partial charge in [0.1, 0.15) is 6.04 Å². The van der Waals surface area contributed by atoms with Crippen molar-refractivity contribution in [1.82, 2.24) is 9.47 Å². The average Bonchev–Trinajstić information content (AvgIpc) is 2.96. The SMILES string of the molecule is CCCC(C(=O)O)n1c(C)cc(=O)c(O)c1CN1CCCC1. The first kappa shape index (κ1) is 16.5. The molecule has 0 spiro atoms. The summed E-state index contributed by atoms with van der Waals surface area (Å²) in [6.45, 7) is 5.88. The van der Waals surface area contributed by atoms with Crippen molar-refractivity contribution in [2.75, 3.05) is 13.1 Å². The van der Waals surface area contributed by atoms with Gasteiger partial charge in [-0.15, -0.1) is 0 Å². The summed E-state index contributed by atoms with van der Waals surface area (Å²) >= 11 is 0. The van der Waals surface area contributed by atoms with Crippen LogP contribution in [0.15, 0.2) is 10.9 Å². The minimum absolute atomic E-state index is 0.320. The third-order valence-electron chi connectivity index (χ3n) is 4.25. The minimum atomic E-state index is -0.935. The Hall–Kier alpha value is -1.82. The molecule has 0 aliphatic carbocycles. The van der Waals surface area contributed by atoms with Gasteiger partial charge in [-0.2, -0.15) is 0 Å². The van der Waals surface area contributed by atoms with Crippen LogP contribution in [-0.4, -0.2) is 38.7 Å². The second kappa shape index (κ2) is 6.96. The molecule has 0 bridgehead atoms. The number of hydrogen-bond acceptors (Lipinski definition) is 4. The zero-order valence-electron chi connectivity index (χ0n) is 13.2. The lowest BCUT2D eigenvalue weighted by atomic mass is 10.1. The van der Waals surface area contributed by atoms with Gasteiger partial charge in [-0.3, -0.25) is 9.69 Å². The summed E-state index contributed by atoms with van der Waals surface area (Å²) in [5.74, 6) is -1.25. The summed E-state index contributed by atoms with van der Waals surface area (Å²) in [5, 5.41) is 19.7. The van der Waals surface area contributed by atoms with Crippen LogP contribution >= 0.6 is 0 Å². The van der Waals surface area contributed by atoms with Crippen LogP contribution in [0.4, 0.5) is 0 Å². The molecule has 0 saturated carbocycles. The number of aromatic nitrogens is 1. The van der Waals surface area contributed by atoms with E-state index in [2.05, 4.69) is 4.90 Å². The number of rotatable bonds is 6. The van der Waals surface area contributed by atoms with Gasteiger partial charge in [0.15, 0.2) is 5.75 Å². The standard InChI is InChI=1S/C16H24N2O4/c1-3-6-12(16(21)22)18-11(2)9-14(19)15(20)13(18)10-17-7-4-5-8-17/h9,12,20H,3-8,10H2,1-2H3,(H,21,22). The van der Waals surface area contributed by atoms with Gasteiger partial charge in [0, 0.05) is 18.3 Å². The quantitative estimate of drug-likeness (QED) is 0.838. The van der Waals surface area contributed by atoms with Gasteiger partial charge in [-0.1, -0.05) is 13.3 Å². The zero-order valence-corrected chi connectivity index (χ0v) is 13.2. The van der Waals surface area contributed by atoms with Crippen LogP contribution in [0.1, 0.15) is 50.0 Å². The van der Waals surface area contributed by atoms with Crippen molar-refractivity contribution in [1.29, 1.82) is 0 Å². The van der Waals surface area contributed by atoms with Gasteiger partial charge in [0.2, 0.25) is 5.43 Å². The van der Waals surface area contributed by atoms with Crippen LogP contribution in [0.2, 0.25) is 0 Å². The lowest BCUT2D eigenvalue weighted by Gasteiger charge is -2.26. The molecule has 0 aromatic carbocycles. The monoisotopic (exact) mass is 308 g/mol. The summed E-state index contributed by atoms with van der Waals surface area (Å²) in [6, 6.07) is 0.558. The molecule has 1 saturated heterocycles. The number of aliphatic carboxylic acids is 1. The Labute approximate surface area is 130 Å². The van der Waals surface area contributed by atoms with Crippen molar-refractivity contribution < 1.29 is 15.0 Å². The first-order chi connectivity index (χ1) is 10.5. The molecule has 1 aliphatic rings. The maximum absolute atomic E-state index is 11.9. The van der Waals surface area contributed by atoms with Crippen molar-refractivity contribution in [2.45, 2.75) is 52.1 Å². The van der Waals surface area contributed by atoms with Crippen molar-refractivity contribution in [2.24, 2.45) is 0 Å². The Morgan fingerprint density at radius 1 is 1.36 bits per heavy atom. The van der Waals surface area contributed by atoms with E-state index < -0.39 is 17.4 Å². The lowest BCUT2D eigenvalue weighted by Crippen LogP contribution is -2.30. The zero-order chi connectivity index (χ0) is 16.3. The van der Waals surface area contributed by atoms with E-state index in [1.807, 2.05) is 6.92 Å². The molecule has 1 aromatic rings. The molecule has 2 rings (SSSR count). The number of carbonyl (C=O) groups is 1. The van der Waals surface area contributed by atoms with Crippen molar-refractivity contribution >= 4 is 5.97 Å². The molecule has 22 heavy (non-hydrogen) atoms. The van der Waals surface area contributed by atoms with E-state index in [4.69, 9.17) is 0 Å². The number of carboxylic acid groups (broad SMARTS) is 1. The highest BCUT2D eigenvalue weighted by Gasteiger charge is 2.26. The maximum atomic E-state index is 11.9. The molecule has 6 heteroatoms. The van der Waals surface area contributed by atoms with Gasteiger partial charge < -0.3 is 14.8 Å². The minimum Gasteiger partial charge on any atom is -0.503 e. The van der Waals surface area contributed by atoms with Gasteiger partial charge in [0.05, 0.1) is 5.69 Å². The number of nitrogens with zero attached hydrogens (tertiary/aromatic N) is 2. The number of aromatic hydroxyl groups is 1. The first-order valence-electron chi connectivity index (χ1n) is 7.84. The number of carboxylic acids is 1. The van der Waals surface area contributed by atoms with Crippen LogP contribution in [0.25, 0.3) is 0 Å². The molecule has 1 aliphatic heterocycles. The van der Waals surface area contributed by atoms with Crippen molar-refractivity contribution in [3.05, 3.63) is 27.7 Å². The summed E-state index contributed by atoms with van der Waals surface area (Å²) in [6.07, 6.45) is 3.36. The molecule has 0 radical (unpaired) electrons. The number of hydrogen-bond donors (Lipinski definition) is 2. The van der Waals surface area contributed by atoms with Gasteiger partial charge in [-0.25, -0.2) is 4.79 Å². The molecular formula is C16H24N2O4. The van der Waals surface area contributed by atoms with E-state index in [1.165, 1.54) is 6.07 Å². The molecule has 1 atom stereocenters. The fourth-order valence-corrected chi connectivity index (χ4v) is 3.17. The molecule has 0 amide bonds. The highest BCUT2D eigenvalue weighted by molar-refractivity contribution is 5.72. The van der Waals surface area contributed by atoms with Gasteiger partial charge in [-0.05, 0) is 39.3 Å². The topological polar surface area (TPSA) is 82.8 Å². The molecule has 2 heterocycles. The Kier molecular flexibility index (Phi) is 5.24. The molecule has 1 aromatic heterocycles. The number of likely N-dealkylation sites (tertiary alicyclic amines) is 1. The van der Waals surface area contributed by atoms with Crippen LogP contribution < -0.4 is 5.43 Å². The van der Waals surface area contributed by atoms with E-state index in [9.17, 15) is 19.8 Å². The fraction of sp³-hybridized carbons (Fsp3) is 0.625. The second-order valence-corrected chi connectivity index (χ2v) is 5.94. The highest BCUT2D eigenvalue weighted by Crippen LogP contribution is 2.26. The average molecular weight is 308 g/mol. The van der Waals surface area contributed by atoms with Crippen LogP contribution in [0, 0.1) is 6.92 Å². The van der Waals surface area contributed by atoms with Crippen LogP contribution in [0.5, 0.6) is 5.75 Å². The smallest absolute Gasteiger partial charge is 0.326 e. The number of pyridine rings is 1. The normalized spacial score (nSPS) is 16.8. The highest BCUT2D eigenvalue weighted by atomic mass is 16.4. The summed E-state index contributed by atoms with van der Waals surface area (Å²) in [7, 11) is 0. The third kappa shape index (κ3) is 3.32. The summed E-state index contributed by atoms with van der Waals surface area (Å²) in [4.78, 5) is 25.7. The van der Waals surface area contributed by atoms with E-state index in [1.54, 1.807) is 11.5 Å². The molecule has 6 nitrogen and oxygen atoms in total. The van der Waals surface area contributed by atoms with Gasteiger partial charge >= 0.3 is 5.97 Å². The lowest BCUT2D eigenvalue weighted by molar-refractivity contribution is -0.141. The first-order valence-corrected chi connectivity index (χ1v) is 7.84. The molecule has 1 unspecified atom stereocenters. The Morgan fingerprint density at radius 3 is 2.55 bits per heavy atom. The maximum Gasteiger partial charge on any atom is 0.326 e. The molecular weight excluding hydrogens is 284 g/mol. The molecule has 122 valence electrons. The Balaban J connectivity index is 2.51. The number of aryl methyl sites for hydroxylation is 1. The van der Waals surface area contributed by atoms with Gasteiger partial charge in [0.25, 0.3) is 0 Å². The van der Waals surface area contributed by atoms with E-state index in [0.29, 0.717) is 30.8 Å². The predicted molar refractivity (Wildman–Crippen MR) is 83.2 cm³/mol. The van der Waals surface area contributed by atoms with Crippen molar-refractivity contribution in [3.63, 3.8) is 0 Å². The van der Waals surface area contributed by atoms with E-state index >= 15 is 0 Å². The summed E-state index contributed by atoms with van der Waals surface area (Å²) in [5.41, 5.74) is 0.564. The second-order valence-electron chi connectivity index (χ2n) is 5.94. The largest absolute Gasteiger partial charge is 0.503 e. The predicted octanol–water partition coefficient (Wildman–Crippen LogP) is 1.88. The fourth-order valence-electron chi connectivity index (χ4n) is 3.17. The molecule has 2 N–H and O–H groups in total. The molecule has 1 fully saturated rings. The van der Waals surface area contributed by atoms with E-state index in [-0.39, 0.29) is 5.75 Å². The Bertz CT molecular complexity index is 603. The van der Waals surface area contributed by atoms with Crippen LogP contribution in [-0.2, 0) is 11.3 Å².